The van der Waals surface area contributed by atoms with E-state index in [0.717, 1.165) is 19.3 Å². The minimum absolute atomic E-state index is 0. The van der Waals surface area contributed by atoms with E-state index in [2.05, 4.69) is 143 Å². The van der Waals surface area contributed by atoms with Crippen LogP contribution in [0.5, 0.6) is 0 Å². The molecule has 3 heteroatoms. The molecule has 0 amide bonds. The van der Waals surface area contributed by atoms with Gasteiger partial charge in [-0.3, -0.25) is 0 Å². The molecule has 0 heterocycles. The average molecular weight is 657 g/mol. The van der Waals surface area contributed by atoms with Gasteiger partial charge >= 0.3 is 244 Å². The normalized spacial score (nSPS) is 14.9. The number of fused-ring (bicyclic) bond motifs is 3. The number of rotatable bonds is 6. The van der Waals surface area contributed by atoms with Crippen LogP contribution in [-0.2, 0) is 40.5 Å². The summed E-state index contributed by atoms with van der Waals surface area (Å²) in [6, 6.07) is 38.6. The molecular weight excluding hydrogens is 619 g/mol. The van der Waals surface area contributed by atoms with E-state index in [-0.39, 0.29) is 30.2 Å². The molecule has 0 fully saturated rings. The Bertz CT molecular complexity index is 1560. The fraction of sp³-hybridized carbons (Fsp3) is 0.237. The number of hydrogen-bond acceptors (Lipinski definition) is 0. The Labute approximate surface area is 266 Å². The number of benzene rings is 4. The molecule has 0 bridgehead atoms. The van der Waals surface area contributed by atoms with Crippen LogP contribution in [0, 0.1) is 11.3 Å². The van der Waals surface area contributed by atoms with Crippen LogP contribution in [0.1, 0.15) is 49.9 Å². The second-order valence-corrected chi connectivity index (χ2v) is 18.6. The van der Waals surface area contributed by atoms with Crippen molar-refractivity contribution in [1.82, 2.24) is 0 Å². The average Bonchev–Trinajstić information content (AvgIpc) is 3.51. The Morgan fingerprint density at radius 3 is 1.85 bits per heavy atom. The van der Waals surface area contributed by atoms with Gasteiger partial charge in [0.1, 0.15) is 0 Å². The molecule has 0 N–H and O–H groups in total. The number of allylic oxidation sites excluding steroid dienone is 4. The van der Waals surface area contributed by atoms with Crippen molar-refractivity contribution in [2.75, 3.05) is 0 Å². The molecule has 208 valence electrons. The van der Waals surface area contributed by atoms with Crippen molar-refractivity contribution in [3.8, 4) is 11.1 Å². The summed E-state index contributed by atoms with van der Waals surface area (Å²) in [6.45, 7) is 9.54. The molecule has 0 aromatic heterocycles. The molecule has 2 aliphatic carbocycles. The zero-order valence-electron chi connectivity index (χ0n) is 24.4. The molecule has 0 spiro atoms. The maximum Gasteiger partial charge on any atom is -1.00 e. The van der Waals surface area contributed by atoms with E-state index in [1.807, 2.05) is 0 Å². The molecule has 0 saturated carbocycles. The molecule has 6 rings (SSSR count). The van der Waals surface area contributed by atoms with E-state index < -0.39 is 21.3 Å². The second-order valence-electron chi connectivity index (χ2n) is 12.2. The number of hydrogen-bond donors (Lipinski definition) is 0. The Morgan fingerprint density at radius 1 is 0.707 bits per heavy atom. The van der Waals surface area contributed by atoms with Crippen LogP contribution < -0.4 is 28.1 Å². The molecule has 0 aliphatic heterocycles. The van der Waals surface area contributed by atoms with Gasteiger partial charge in [0.2, 0.25) is 0 Å². The summed E-state index contributed by atoms with van der Waals surface area (Å²) >= 11 is -2.54. The van der Waals surface area contributed by atoms with Crippen molar-refractivity contribution < 1.29 is 46.1 Å². The minimum atomic E-state index is -2.54. The van der Waals surface area contributed by atoms with Gasteiger partial charge in [0.25, 0.3) is 0 Å². The first-order chi connectivity index (χ1) is 18.9. The van der Waals surface area contributed by atoms with E-state index in [4.69, 9.17) is 0 Å². The fourth-order valence-corrected chi connectivity index (χ4v) is 14.9. The maximum atomic E-state index is 2.64. The zero-order valence-corrected chi connectivity index (χ0v) is 28.4. The molecule has 0 saturated heterocycles. The van der Waals surface area contributed by atoms with E-state index in [9.17, 15) is 0 Å². The van der Waals surface area contributed by atoms with Crippen LogP contribution in [0.4, 0.5) is 0 Å². The molecule has 1 unspecified atom stereocenters. The third-order valence-corrected chi connectivity index (χ3v) is 16.4. The predicted octanol–water partition coefficient (Wildman–Crippen LogP) is 2.67. The first-order valence-electron chi connectivity index (χ1n) is 14.3. The first kappa shape index (κ1) is 31.6. The van der Waals surface area contributed by atoms with E-state index in [0.29, 0.717) is 5.92 Å². The smallest absolute Gasteiger partial charge is 1.00 e. The number of halogens is 2. The summed E-state index contributed by atoms with van der Waals surface area (Å²) in [5, 5.41) is 0. The molecule has 1 atom stereocenters. The monoisotopic (exact) mass is 654 g/mol. The summed E-state index contributed by atoms with van der Waals surface area (Å²) in [5.41, 5.74) is 10.5. The molecule has 0 radical (unpaired) electrons. The van der Waals surface area contributed by atoms with E-state index >= 15 is 0 Å². The molecule has 4 aromatic carbocycles. The van der Waals surface area contributed by atoms with E-state index in [1.54, 1.807) is 15.3 Å². The van der Waals surface area contributed by atoms with Gasteiger partial charge in [0.05, 0.1) is 0 Å². The van der Waals surface area contributed by atoms with Crippen molar-refractivity contribution in [3.63, 3.8) is 0 Å². The second kappa shape index (κ2) is 13.3. The molecule has 41 heavy (non-hydrogen) atoms. The summed E-state index contributed by atoms with van der Waals surface area (Å²) < 4.78 is 5.21. The summed E-state index contributed by atoms with van der Waals surface area (Å²) in [4.78, 5) is 0. The third-order valence-electron chi connectivity index (χ3n) is 8.38. The molecule has 4 aromatic rings. The summed E-state index contributed by atoms with van der Waals surface area (Å²) in [6.07, 6.45) is 8.40. The fourth-order valence-electron chi connectivity index (χ4n) is 6.34. The van der Waals surface area contributed by atoms with Gasteiger partial charge in [0, 0.05) is 0 Å². The Morgan fingerprint density at radius 2 is 1.27 bits per heavy atom. The van der Waals surface area contributed by atoms with Crippen LogP contribution in [0.25, 0.3) is 11.1 Å². The Balaban J connectivity index is 0.00000194. The van der Waals surface area contributed by atoms with Crippen molar-refractivity contribution in [1.29, 1.82) is 0 Å². The zero-order chi connectivity index (χ0) is 27.0. The van der Waals surface area contributed by atoms with Gasteiger partial charge in [-0.15, -0.1) is 0 Å². The maximum absolute atomic E-state index is 2.64. The third kappa shape index (κ3) is 6.69. The summed E-state index contributed by atoms with van der Waals surface area (Å²) in [7, 11) is 0. The summed E-state index contributed by atoms with van der Waals surface area (Å²) in [5.74, 6) is 0.495. The molecular formula is C38H38Cl2Zr. The minimum Gasteiger partial charge on any atom is -1.00 e. The molecule has 2 aliphatic rings. The van der Waals surface area contributed by atoms with Crippen LogP contribution >= 0.6 is 0 Å². The van der Waals surface area contributed by atoms with Gasteiger partial charge < -0.3 is 24.8 Å². The Hall–Kier alpha value is -2.31. The molecule has 0 nitrogen and oxygen atoms in total. The largest absolute Gasteiger partial charge is 1.00 e. The Kier molecular flexibility index (Phi) is 10.3. The predicted molar refractivity (Wildman–Crippen MR) is 164 cm³/mol. The first-order valence-corrected chi connectivity index (χ1v) is 18.0. The van der Waals surface area contributed by atoms with Crippen molar-refractivity contribution >= 4 is 6.48 Å². The van der Waals surface area contributed by atoms with Gasteiger partial charge in [-0.05, 0) is 0 Å². The SMILES string of the molecule is CC1C=C(C(C)(C)C)C=[C]1[Zr+2](=[C](Cc1ccccc1)Cc1ccccc1)[c]1cccc2c1Cc1ccccc1-2.[Cl-].[Cl-]. The van der Waals surface area contributed by atoms with Gasteiger partial charge in [0.15, 0.2) is 0 Å². The van der Waals surface area contributed by atoms with Gasteiger partial charge in [-0.25, -0.2) is 0 Å². The van der Waals surface area contributed by atoms with Gasteiger partial charge in [-0.2, -0.15) is 0 Å². The van der Waals surface area contributed by atoms with Crippen molar-refractivity contribution in [2.24, 2.45) is 11.3 Å². The topological polar surface area (TPSA) is 0 Å². The van der Waals surface area contributed by atoms with E-state index in [1.165, 1.54) is 33.4 Å². The quantitative estimate of drug-likeness (QED) is 0.264. The van der Waals surface area contributed by atoms with Crippen LogP contribution in [-0.4, -0.2) is 3.21 Å². The van der Waals surface area contributed by atoms with Gasteiger partial charge in [-0.1, -0.05) is 0 Å². The van der Waals surface area contributed by atoms with Crippen LogP contribution in [0.2, 0.25) is 0 Å². The van der Waals surface area contributed by atoms with Crippen LogP contribution in [0.15, 0.2) is 124 Å². The van der Waals surface area contributed by atoms with Crippen LogP contribution in [0.3, 0.4) is 0 Å². The standard InChI is InChI=1S/C15H14.C13H9.C10H15.2ClH.Zr/c1-3-8-14(9-4-1)12-7-13-15-10-5-2-6-11-15;1-3-7-12-10(5-1)9-11-6-2-4-8-13(11)12;1-8-5-6-9(7-8)10(2,3)4;;;/h1-6,8-11H,12-13H2;1-5,7-8H,9H2;6-8H,1-4H3;2*1H;/q;;;;;+2/p-2. The van der Waals surface area contributed by atoms with Crippen molar-refractivity contribution in [3.05, 3.63) is 146 Å². The van der Waals surface area contributed by atoms with Crippen molar-refractivity contribution in [2.45, 2.75) is 47.0 Å².